The molecule has 23 heavy (non-hydrogen) atoms. The molecule has 5 heteroatoms. The van der Waals surface area contributed by atoms with E-state index in [9.17, 15) is 4.79 Å². The summed E-state index contributed by atoms with van der Waals surface area (Å²) in [4.78, 5) is 12.6. The molecule has 0 saturated carbocycles. The maximum atomic E-state index is 12.6. The summed E-state index contributed by atoms with van der Waals surface area (Å²) in [6.07, 6.45) is 1.96. The maximum absolute atomic E-state index is 12.6. The van der Waals surface area contributed by atoms with Crippen LogP contribution in [0.4, 0.5) is 0 Å². The van der Waals surface area contributed by atoms with Gasteiger partial charge >= 0.3 is 5.97 Å². The van der Waals surface area contributed by atoms with Crippen LogP contribution in [0.1, 0.15) is 11.7 Å². The number of carbonyl (C=O) groups excluding carboxylic acids is 1. The summed E-state index contributed by atoms with van der Waals surface area (Å²) in [7, 11) is -2.12. The minimum absolute atomic E-state index is 0.133. The van der Waals surface area contributed by atoms with Gasteiger partial charge in [-0.1, -0.05) is 56.0 Å². The van der Waals surface area contributed by atoms with E-state index in [4.69, 9.17) is 9.16 Å². The zero-order chi connectivity index (χ0) is 17.5. The number of hydrogen-bond donors (Lipinski definition) is 0. The molecule has 126 valence electrons. The van der Waals surface area contributed by atoms with Crippen LogP contribution in [0, 0.1) is 0 Å². The molecule has 0 N–H and O–H groups in total. The largest absolute Gasteiger partial charge is 0.468 e. The average Bonchev–Trinajstić information content (AvgIpc) is 3.20. The van der Waals surface area contributed by atoms with Crippen molar-refractivity contribution in [3.63, 3.8) is 0 Å². The molecule has 0 amide bonds. The molecule has 2 atom stereocenters. The van der Waals surface area contributed by atoms with Crippen LogP contribution in [0.3, 0.4) is 0 Å². The van der Waals surface area contributed by atoms with Gasteiger partial charge in [0.05, 0.1) is 21.3 Å². The van der Waals surface area contributed by atoms with Crippen molar-refractivity contribution in [2.24, 2.45) is 0 Å². The van der Waals surface area contributed by atoms with Gasteiger partial charge in [0.1, 0.15) is 5.04 Å². The first-order chi connectivity index (χ1) is 10.5. The number of hydrogen-bond acceptors (Lipinski definition) is 3. The highest BCUT2D eigenvalue weighted by atomic mass is 28.4. The molecule has 0 saturated heterocycles. The van der Waals surface area contributed by atoms with Crippen molar-refractivity contribution in [1.82, 2.24) is 0 Å². The van der Waals surface area contributed by atoms with Gasteiger partial charge in [-0.05, 0) is 30.8 Å². The van der Waals surface area contributed by atoms with E-state index in [0.717, 1.165) is 11.1 Å². The molecular weight excluding hydrogens is 320 g/mol. The highest BCUT2D eigenvalue weighted by Gasteiger charge is 2.63. The third-order valence-corrected chi connectivity index (χ3v) is 8.24. The predicted octanol–water partition coefficient (Wildman–Crippen LogP) is 4.77. The minimum atomic E-state index is -1.82. The fourth-order valence-corrected chi connectivity index (χ4v) is 6.34. The zero-order valence-corrected chi connectivity index (χ0v) is 17.3. The summed E-state index contributed by atoms with van der Waals surface area (Å²) in [5.74, 6) is -0.133. The van der Waals surface area contributed by atoms with Crippen LogP contribution < -0.4 is 0 Å². The maximum Gasteiger partial charge on any atom is 0.316 e. The quantitative estimate of drug-likeness (QED) is 0.422. The summed E-state index contributed by atoms with van der Waals surface area (Å²) in [6.45, 7) is 13.2. The van der Waals surface area contributed by atoms with Gasteiger partial charge < -0.3 is 9.16 Å². The SMILES string of the molecule is COC(=O)C1([Si](C)(C)C)C=C1C(O[Si](C)(C)C)c1ccccc1. The van der Waals surface area contributed by atoms with Gasteiger partial charge in [-0.2, -0.15) is 0 Å². The molecule has 1 aromatic carbocycles. The van der Waals surface area contributed by atoms with Crippen molar-refractivity contribution in [1.29, 1.82) is 0 Å². The van der Waals surface area contributed by atoms with Crippen molar-refractivity contribution in [2.75, 3.05) is 7.11 Å². The smallest absolute Gasteiger partial charge is 0.316 e. The molecule has 0 spiro atoms. The van der Waals surface area contributed by atoms with E-state index in [1.165, 1.54) is 7.11 Å². The van der Waals surface area contributed by atoms with E-state index in [0.29, 0.717) is 0 Å². The molecule has 0 fully saturated rings. The molecule has 0 bridgehead atoms. The third kappa shape index (κ3) is 3.51. The lowest BCUT2D eigenvalue weighted by Gasteiger charge is -2.33. The molecule has 0 aromatic heterocycles. The highest BCUT2D eigenvalue weighted by molar-refractivity contribution is 6.85. The van der Waals surface area contributed by atoms with Gasteiger partial charge in [-0.15, -0.1) is 0 Å². The van der Waals surface area contributed by atoms with Gasteiger partial charge in [0, 0.05) is 0 Å². The second kappa shape index (κ2) is 6.03. The second-order valence-corrected chi connectivity index (χ2v) is 17.9. The minimum Gasteiger partial charge on any atom is -0.468 e. The molecule has 0 heterocycles. The Labute approximate surface area is 141 Å². The first-order valence-electron chi connectivity index (χ1n) is 8.07. The van der Waals surface area contributed by atoms with E-state index in [1.54, 1.807) is 0 Å². The molecule has 1 aliphatic rings. The molecule has 3 nitrogen and oxygen atoms in total. The van der Waals surface area contributed by atoms with Crippen molar-refractivity contribution in [3.05, 3.63) is 47.5 Å². The Bertz CT molecular complexity index is 611. The van der Waals surface area contributed by atoms with Crippen LogP contribution >= 0.6 is 0 Å². The van der Waals surface area contributed by atoms with Gasteiger partial charge in [-0.3, -0.25) is 4.79 Å². The lowest BCUT2D eigenvalue weighted by molar-refractivity contribution is -0.141. The highest BCUT2D eigenvalue weighted by Crippen LogP contribution is 2.64. The van der Waals surface area contributed by atoms with Crippen molar-refractivity contribution in [3.8, 4) is 0 Å². The van der Waals surface area contributed by atoms with Gasteiger partial charge in [0.25, 0.3) is 0 Å². The summed E-state index contributed by atoms with van der Waals surface area (Å²) < 4.78 is 11.6. The van der Waals surface area contributed by atoms with Gasteiger partial charge in [0.15, 0.2) is 8.32 Å². The number of ether oxygens (including phenoxy) is 1. The predicted molar refractivity (Wildman–Crippen MR) is 99.8 cm³/mol. The monoisotopic (exact) mass is 348 g/mol. The molecule has 0 aliphatic heterocycles. The molecule has 1 aromatic rings. The Kier molecular flexibility index (Phi) is 4.77. The van der Waals surface area contributed by atoms with Gasteiger partial charge in [-0.25, -0.2) is 0 Å². The normalized spacial score (nSPS) is 22.3. The van der Waals surface area contributed by atoms with Crippen LogP contribution in [0.2, 0.25) is 44.3 Å². The Hall–Kier alpha value is -1.18. The molecule has 2 rings (SSSR count). The van der Waals surface area contributed by atoms with Crippen molar-refractivity contribution >= 4 is 22.4 Å². The van der Waals surface area contributed by atoms with E-state index < -0.39 is 21.4 Å². The van der Waals surface area contributed by atoms with Crippen LogP contribution in [0.15, 0.2) is 42.0 Å². The topological polar surface area (TPSA) is 35.5 Å². The summed E-state index contributed by atoms with van der Waals surface area (Å²) in [5.41, 5.74) is 2.21. The average molecular weight is 349 g/mol. The van der Waals surface area contributed by atoms with Gasteiger partial charge in [0.2, 0.25) is 0 Å². The summed E-state index contributed by atoms with van der Waals surface area (Å²) in [6, 6.07) is 10.2. The number of benzene rings is 1. The Balaban J connectivity index is 2.42. The molecule has 1 aliphatic carbocycles. The number of methoxy groups -OCH3 is 1. The zero-order valence-electron chi connectivity index (χ0n) is 15.3. The number of esters is 1. The molecule has 2 unspecified atom stereocenters. The molecule has 0 radical (unpaired) electrons. The summed E-state index contributed by atoms with van der Waals surface area (Å²) in [5, 5.41) is -0.526. The van der Waals surface area contributed by atoms with Crippen molar-refractivity contribution in [2.45, 2.75) is 50.4 Å². The number of carbonyl (C=O) groups is 1. The van der Waals surface area contributed by atoms with Crippen LogP contribution in [-0.2, 0) is 14.0 Å². The Morgan fingerprint density at radius 3 is 2.04 bits per heavy atom. The standard InChI is InChI=1S/C18H28O3Si2/c1-20-17(19)18(22(2,3)4)13-15(18)16(21-23(5,6)7)14-11-9-8-10-12-14/h8-13,16H,1-7H3. The van der Waals surface area contributed by atoms with Crippen LogP contribution in [-0.4, -0.2) is 29.5 Å². The Morgan fingerprint density at radius 1 is 1.04 bits per heavy atom. The lowest BCUT2D eigenvalue weighted by atomic mass is 10.0. The third-order valence-electron chi connectivity index (χ3n) is 4.29. The first kappa shape index (κ1) is 18.2. The summed E-state index contributed by atoms with van der Waals surface area (Å²) >= 11 is 0. The van der Waals surface area contributed by atoms with E-state index >= 15 is 0 Å². The van der Waals surface area contributed by atoms with Crippen molar-refractivity contribution < 1.29 is 14.0 Å². The fourth-order valence-electron chi connectivity index (χ4n) is 3.07. The van der Waals surface area contributed by atoms with Crippen LogP contribution in [0.25, 0.3) is 0 Å². The number of rotatable bonds is 6. The Morgan fingerprint density at radius 2 is 1.61 bits per heavy atom. The van der Waals surface area contributed by atoms with Crippen LogP contribution in [0.5, 0.6) is 0 Å². The van der Waals surface area contributed by atoms with E-state index in [2.05, 4.69) is 57.5 Å². The second-order valence-electron chi connectivity index (χ2n) is 8.17. The van der Waals surface area contributed by atoms with E-state index in [-0.39, 0.29) is 12.1 Å². The van der Waals surface area contributed by atoms with E-state index in [1.807, 2.05) is 18.2 Å². The fraction of sp³-hybridized carbons (Fsp3) is 0.500. The molecular formula is C18H28O3Si2. The first-order valence-corrected chi connectivity index (χ1v) is 15.0. The lowest BCUT2D eigenvalue weighted by Crippen LogP contribution is -2.40.